The van der Waals surface area contributed by atoms with Crippen molar-refractivity contribution in [3.8, 4) is 0 Å². The second kappa shape index (κ2) is 7.77. The number of methoxy groups -OCH3 is 1. The molecule has 1 atom stereocenters. The number of ketones is 1. The van der Waals surface area contributed by atoms with Gasteiger partial charge in [0.2, 0.25) is 5.78 Å². The number of carbonyl (C=O) groups is 2. The molecule has 1 heterocycles. The zero-order chi connectivity index (χ0) is 16.2. The molecule has 0 aliphatic carbocycles. The molecule has 0 aliphatic rings. The largest absolute Gasteiger partial charge is 0.464 e. The summed E-state index contributed by atoms with van der Waals surface area (Å²) in [5.41, 5.74) is 0.440. The van der Waals surface area contributed by atoms with E-state index in [1.165, 1.54) is 19.4 Å². The number of ether oxygens (including phenoxy) is 1. The zero-order valence-electron chi connectivity index (χ0n) is 11.9. The van der Waals surface area contributed by atoms with Crippen LogP contribution in [0.1, 0.15) is 40.2 Å². The summed E-state index contributed by atoms with van der Waals surface area (Å²) >= 11 is 18.5. The Morgan fingerprint density at radius 3 is 2.52 bits per heavy atom. The maximum atomic E-state index is 12.0. The average molecular weight is 373 g/mol. The van der Waals surface area contributed by atoms with Gasteiger partial charge in [-0.2, -0.15) is 11.8 Å². The lowest BCUT2D eigenvalue weighted by Crippen LogP contribution is -2.18. The zero-order valence-corrected chi connectivity index (χ0v) is 14.9. The Balaban J connectivity index is 3.19. The Kier molecular flexibility index (Phi) is 6.91. The lowest BCUT2D eigenvalue weighted by atomic mass is 10.2. The summed E-state index contributed by atoms with van der Waals surface area (Å²) in [6, 6.07) is 1.41. The molecule has 8 heteroatoms. The molecule has 0 saturated carbocycles. The molecule has 1 rings (SSSR count). The predicted octanol–water partition coefficient (Wildman–Crippen LogP) is 4.14. The summed E-state index contributed by atoms with van der Waals surface area (Å²) in [6.07, 6.45) is 4.37. The molecule has 0 spiro atoms. The minimum absolute atomic E-state index is 0.0171. The first-order chi connectivity index (χ1) is 9.72. The number of nitrogens with zero attached hydrogens (tertiary/aromatic N) is 1. The van der Waals surface area contributed by atoms with Crippen molar-refractivity contribution >= 4 is 58.3 Å². The van der Waals surface area contributed by atoms with Crippen LogP contribution in [0.3, 0.4) is 0 Å². The summed E-state index contributed by atoms with van der Waals surface area (Å²) in [5.74, 6) is -0.281. The van der Waals surface area contributed by atoms with Crippen molar-refractivity contribution in [2.24, 2.45) is 0 Å². The first-order valence-corrected chi connectivity index (χ1v) is 8.65. The van der Waals surface area contributed by atoms with Crippen molar-refractivity contribution in [3.05, 3.63) is 23.5 Å². The second-order valence-electron chi connectivity index (χ2n) is 4.47. The maximum absolute atomic E-state index is 12.0. The van der Waals surface area contributed by atoms with E-state index in [9.17, 15) is 9.59 Å². The van der Waals surface area contributed by atoms with E-state index in [0.29, 0.717) is 0 Å². The molecular weight excluding hydrogens is 357 g/mol. The molecule has 0 N–H and O–H groups in total. The highest BCUT2D eigenvalue weighted by atomic mass is 35.6. The van der Waals surface area contributed by atoms with Gasteiger partial charge in [-0.25, -0.2) is 4.79 Å². The van der Waals surface area contributed by atoms with E-state index in [-0.39, 0.29) is 17.3 Å². The Labute approximate surface area is 143 Å². The summed E-state index contributed by atoms with van der Waals surface area (Å²) in [4.78, 5) is 23.9. The molecular formula is C13H16Cl3NO3S. The van der Waals surface area contributed by atoms with Crippen LogP contribution in [-0.2, 0) is 4.74 Å². The summed E-state index contributed by atoms with van der Waals surface area (Å²) in [6.45, 7) is 1.95. The Morgan fingerprint density at radius 2 is 2.05 bits per heavy atom. The molecule has 1 aromatic heterocycles. The van der Waals surface area contributed by atoms with E-state index in [0.717, 1.165) is 12.2 Å². The van der Waals surface area contributed by atoms with Crippen LogP contribution in [0.2, 0.25) is 0 Å². The van der Waals surface area contributed by atoms with E-state index in [1.807, 2.05) is 13.2 Å². The number of aromatic nitrogens is 1. The van der Waals surface area contributed by atoms with Gasteiger partial charge in [-0.05, 0) is 31.4 Å². The number of rotatable bonds is 6. The molecule has 0 bridgehead atoms. The molecule has 1 unspecified atom stereocenters. The summed E-state index contributed by atoms with van der Waals surface area (Å²) in [7, 11) is 1.28. The van der Waals surface area contributed by atoms with E-state index in [4.69, 9.17) is 39.5 Å². The van der Waals surface area contributed by atoms with E-state index in [1.54, 1.807) is 16.3 Å². The van der Waals surface area contributed by atoms with Gasteiger partial charge in [-0.1, -0.05) is 34.8 Å². The topological polar surface area (TPSA) is 48.3 Å². The first-order valence-electron chi connectivity index (χ1n) is 6.13. The lowest BCUT2D eigenvalue weighted by Gasteiger charge is -2.16. The third kappa shape index (κ3) is 4.81. The number of hydrogen-bond acceptors (Lipinski definition) is 4. The van der Waals surface area contributed by atoms with Gasteiger partial charge in [0.1, 0.15) is 5.69 Å². The number of carbonyl (C=O) groups excluding carboxylic acids is 2. The van der Waals surface area contributed by atoms with E-state index < -0.39 is 15.5 Å². The van der Waals surface area contributed by atoms with Gasteiger partial charge < -0.3 is 9.30 Å². The van der Waals surface area contributed by atoms with Crippen molar-refractivity contribution < 1.29 is 14.3 Å². The minimum Gasteiger partial charge on any atom is -0.464 e. The van der Waals surface area contributed by atoms with Crippen molar-refractivity contribution in [2.45, 2.75) is 23.2 Å². The highest BCUT2D eigenvalue weighted by molar-refractivity contribution is 7.98. The third-order valence-corrected chi connectivity index (χ3v) is 4.14. The molecule has 0 aliphatic heterocycles. The van der Waals surface area contributed by atoms with E-state index >= 15 is 0 Å². The van der Waals surface area contributed by atoms with Crippen LogP contribution in [0.15, 0.2) is 12.3 Å². The highest BCUT2D eigenvalue weighted by Gasteiger charge is 2.33. The van der Waals surface area contributed by atoms with Crippen molar-refractivity contribution in [2.75, 3.05) is 19.1 Å². The fourth-order valence-corrected chi connectivity index (χ4v) is 2.73. The molecule has 4 nitrogen and oxygen atoms in total. The molecule has 0 fully saturated rings. The van der Waals surface area contributed by atoms with Gasteiger partial charge in [0.05, 0.1) is 7.11 Å². The van der Waals surface area contributed by atoms with Crippen molar-refractivity contribution in [1.29, 1.82) is 0 Å². The molecule has 1 aromatic rings. The van der Waals surface area contributed by atoms with Crippen LogP contribution in [0.25, 0.3) is 0 Å². The van der Waals surface area contributed by atoms with Crippen molar-refractivity contribution in [1.82, 2.24) is 4.57 Å². The second-order valence-corrected chi connectivity index (χ2v) is 7.74. The van der Waals surface area contributed by atoms with Gasteiger partial charge in [-0.3, -0.25) is 4.79 Å². The van der Waals surface area contributed by atoms with Gasteiger partial charge in [-0.15, -0.1) is 0 Å². The van der Waals surface area contributed by atoms with Crippen molar-refractivity contribution in [3.63, 3.8) is 0 Å². The van der Waals surface area contributed by atoms with Crippen LogP contribution in [0.4, 0.5) is 0 Å². The summed E-state index contributed by atoms with van der Waals surface area (Å²) in [5, 5.41) is 0. The summed E-state index contributed by atoms with van der Waals surface area (Å²) < 4.78 is 4.37. The van der Waals surface area contributed by atoms with Gasteiger partial charge in [0.25, 0.3) is 3.79 Å². The number of halogens is 3. The standard InChI is InChI=1S/C13H16Cl3NO3S/c1-8(4-5-21-3)17-7-9(11(18)13(14,15)16)6-10(17)12(19)20-2/h6-8H,4-5H2,1-3H3. The monoisotopic (exact) mass is 371 g/mol. The average Bonchev–Trinajstić information content (AvgIpc) is 2.86. The lowest BCUT2D eigenvalue weighted by molar-refractivity contribution is 0.0586. The smallest absolute Gasteiger partial charge is 0.354 e. The van der Waals surface area contributed by atoms with Crippen LogP contribution in [-0.4, -0.2) is 39.2 Å². The number of hydrogen-bond donors (Lipinski definition) is 0. The minimum atomic E-state index is -2.05. The van der Waals surface area contributed by atoms with Crippen LogP contribution in [0, 0.1) is 0 Å². The van der Waals surface area contributed by atoms with Crippen LogP contribution in [0.5, 0.6) is 0 Å². The fourth-order valence-electron chi connectivity index (χ4n) is 1.83. The maximum Gasteiger partial charge on any atom is 0.354 e. The molecule has 0 saturated heterocycles. The molecule has 0 aromatic carbocycles. The normalized spacial score (nSPS) is 13.0. The quantitative estimate of drug-likeness (QED) is 0.428. The van der Waals surface area contributed by atoms with Crippen LogP contribution >= 0.6 is 46.6 Å². The number of Topliss-reactive ketones (excluding diaryl/α,β-unsaturated/α-hetero) is 1. The number of thioether (sulfide) groups is 1. The highest BCUT2D eigenvalue weighted by Crippen LogP contribution is 2.32. The first kappa shape index (κ1) is 18.7. The van der Waals surface area contributed by atoms with Gasteiger partial charge in [0, 0.05) is 17.8 Å². The number of alkyl halides is 3. The van der Waals surface area contributed by atoms with Crippen LogP contribution < -0.4 is 0 Å². The van der Waals surface area contributed by atoms with Gasteiger partial charge >= 0.3 is 5.97 Å². The SMILES string of the molecule is COC(=O)c1cc(C(=O)C(Cl)(Cl)Cl)cn1C(C)CCSC. The molecule has 0 amide bonds. The predicted molar refractivity (Wildman–Crippen MR) is 88.1 cm³/mol. The number of esters is 1. The van der Waals surface area contributed by atoms with E-state index in [2.05, 4.69) is 0 Å². The molecule has 21 heavy (non-hydrogen) atoms. The third-order valence-electron chi connectivity index (χ3n) is 2.98. The van der Waals surface area contributed by atoms with Gasteiger partial charge in [0.15, 0.2) is 0 Å². The Hall–Kier alpha value is -0.360. The fraction of sp³-hybridized carbons (Fsp3) is 0.538. The molecule has 0 radical (unpaired) electrons. The molecule has 118 valence electrons. The Bertz CT molecular complexity index is 525. The Morgan fingerprint density at radius 1 is 1.43 bits per heavy atom.